The van der Waals surface area contributed by atoms with Crippen molar-refractivity contribution in [2.24, 2.45) is 0 Å². The molecular weight excluding hydrogens is 344 g/mol. The van der Waals surface area contributed by atoms with Crippen molar-refractivity contribution in [3.8, 4) is 17.2 Å². The molecule has 0 saturated carbocycles. The molecule has 98 valence electrons. The van der Waals surface area contributed by atoms with Crippen molar-refractivity contribution in [1.82, 2.24) is 14.6 Å². The summed E-state index contributed by atoms with van der Waals surface area (Å²) < 4.78 is 1.86. The van der Waals surface area contributed by atoms with E-state index in [1.807, 2.05) is 0 Å². The van der Waals surface area contributed by atoms with Gasteiger partial charge in [0.05, 0.1) is 4.47 Å². The Balaban J connectivity index is 2.45. The number of nitrogens with one attached hydrogen (secondary N) is 1. The van der Waals surface area contributed by atoms with Crippen LogP contribution in [0.1, 0.15) is 5.69 Å². The molecule has 20 heavy (non-hydrogen) atoms. The molecule has 5 nitrogen and oxygen atoms in total. The summed E-state index contributed by atoms with van der Waals surface area (Å²) in [5.74, 6) is 0. The summed E-state index contributed by atoms with van der Waals surface area (Å²) in [7, 11) is 0. The fraction of sp³-hybridized carbons (Fsp3) is 0. The molecule has 1 aromatic carbocycles. The number of fused-ring (bicyclic) bond motifs is 1. The topological polar surface area (TPSA) is 73.9 Å². The van der Waals surface area contributed by atoms with Crippen molar-refractivity contribution >= 4 is 33.0 Å². The minimum absolute atomic E-state index is 0.292. The molecule has 0 saturated heterocycles. The fourth-order valence-electron chi connectivity index (χ4n) is 2.04. The van der Waals surface area contributed by atoms with E-state index in [9.17, 15) is 10.1 Å². The van der Waals surface area contributed by atoms with Gasteiger partial charge in [0.25, 0.3) is 5.56 Å². The molecule has 0 spiro atoms. The van der Waals surface area contributed by atoms with Gasteiger partial charge in [-0.05, 0) is 33.6 Å². The van der Waals surface area contributed by atoms with Crippen LogP contribution in [0.15, 0.2) is 39.9 Å². The zero-order chi connectivity index (χ0) is 14.3. The lowest BCUT2D eigenvalue weighted by Gasteiger charge is -2.00. The minimum Gasteiger partial charge on any atom is -0.310 e. The van der Waals surface area contributed by atoms with Crippen LogP contribution in [0.5, 0.6) is 0 Å². The lowest BCUT2D eigenvalue weighted by Crippen LogP contribution is -2.11. The van der Waals surface area contributed by atoms with Crippen LogP contribution in [-0.4, -0.2) is 14.6 Å². The van der Waals surface area contributed by atoms with E-state index in [0.29, 0.717) is 26.3 Å². The molecule has 0 bridgehead atoms. The van der Waals surface area contributed by atoms with Gasteiger partial charge in [-0.2, -0.15) is 10.4 Å². The quantitative estimate of drug-likeness (QED) is 0.734. The summed E-state index contributed by atoms with van der Waals surface area (Å²) in [6.45, 7) is 0. The highest BCUT2D eigenvalue weighted by molar-refractivity contribution is 9.10. The fourth-order valence-corrected chi connectivity index (χ4v) is 2.93. The average molecular weight is 350 g/mol. The number of hydrogen-bond acceptors (Lipinski definition) is 3. The van der Waals surface area contributed by atoms with Gasteiger partial charge in [-0.3, -0.25) is 4.79 Å². The summed E-state index contributed by atoms with van der Waals surface area (Å²) in [6.07, 6.45) is 1.26. The van der Waals surface area contributed by atoms with Crippen molar-refractivity contribution in [1.29, 1.82) is 5.26 Å². The van der Waals surface area contributed by atoms with E-state index >= 15 is 0 Å². The first-order valence-corrected chi connectivity index (χ1v) is 6.74. The molecule has 0 radical (unpaired) electrons. The number of benzene rings is 1. The predicted octanol–water partition coefficient (Wildman–Crippen LogP) is 2.98. The van der Waals surface area contributed by atoms with E-state index in [1.165, 1.54) is 10.8 Å². The third-order valence-electron chi connectivity index (χ3n) is 2.91. The van der Waals surface area contributed by atoms with Gasteiger partial charge in [-0.1, -0.05) is 23.7 Å². The Kier molecular flexibility index (Phi) is 3.08. The van der Waals surface area contributed by atoms with E-state index < -0.39 is 0 Å². The Morgan fingerprint density at radius 1 is 1.35 bits per heavy atom. The van der Waals surface area contributed by atoms with Gasteiger partial charge in [0.1, 0.15) is 17.9 Å². The highest BCUT2D eigenvalue weighted by Gasteiger charge is 2.20. The van der Waals surface area contributed by atoms with Crippen molar-refractivity contribution in [2.45, 2.75) is 0 Å². The third kappa shape index (κ3) is 1.83. The number of H-pyrrole nitrogens is 1. The van der Waals surface area contributed by atoms with Crippen molar-refractivity contribution < 1.29 is 0 Å². The lowest BCUT2D eigenvalue weighted by molar-refractivity contribution is 0.877. The number of aromatic amines is 1. The summed E-state index contributed by atoms with van der Waals surface area (Å²) in [5, 5.41) is 14.0. The van der Waals surface area contributed by atoms with Gasteiger partial charge < -0.3 is 4.98 Å². The second kappa shape index (κ2) is 4.78. The van der Waals surface area contributed by atoms with Crippen molar-refractivity contribution in [3.63, 3.8) is 0 Å². The zero-order valence-corrected chi connectivity index (χ0v) is 12.2. The molecule has 7 heteroatoms. The Hall–Kier alpha value is -2.10. The number of hydrogen-bond donors (Lipinski definition) is 1. The normalized spacial score (nSPS) is 10.7. The summed E-state index contributed by atoms with van der Waals surface area (Å²) in [4.78, 5) is 14.4. The smallest absolute Gasteiger partial charge is 0.276 e. The minimum atomic E-state index is -0.316. The molecule has 2 heterocycles. The van der Waals surface area contributed by atoms with Crippen LogP contribution in [0.4, 0.5) is 0 Å². The second-order valence-electron chi connectivity index (χ2n) is 4.03. The number of rotatable bonds is 1. The van der Waals surface area contributed by atoms with E-state index in [-0.39, 0.29) is 5.56 Å². The van der Waals surface area contributed by atoms with Crippen LogP contribution >= 0.6 is 27.5 Å². The van der Waals surface area contributed by atoms with Crippen LogP contribution in [0.25, 0.3) is 16.6 Å². The van der Waals surface area contributed by atoms with Crippen molar-refractivity contribution in [3.05, 3.63) is 56.1 Å². The Morgan fingerprint density at radius 3 is 2.70 bits per heavy atom. The summed E-state index contributed by atoms with van der Waals surface area (Å²) in [6, 6.07) is 9.11. The highest BCUT2D eigenvalue weighted by Crippen LogP contribution is 2.35. The molecule has 0 fully saturated rings. The van der Waals surface area contributed by atoms with E-state index in [2.05, 4.69) is 32.1 Å². The summed E-state index contributed by atoms with van der Waals surface area (Å²) in [5.41, 5.74) is 1.67. The van der Waals surface area contributed by atoms with Gasteiger partial charge in [0.2, 0.25) is 0 Å². The van der Waals surface area contributed by atoms with Crippen LogP contribution < -0.4 is 5.56 Å². The van der Waals surface area contributed by atoms with Crippen LogP contribution in [0.2, 0.25) is 5.02 Å². The van der Waals surface area contributed by atoms with Crippen LogP contribution in [0.3, 0.4) is 0 Å². The maximum absolute atomic E-state index is 11.9. The Labute approximate surface area is 126 Å². The number of halogens is 2. The monoisotopic (exact) mass is 348 g/mol. The highest BCUT2D eigenvalue weighted by atomic mass is 79.9. The zero-order valence-electron chi connectivity index (χ0n) is 9.89. The number of nitrogens with zero attached hydrogens (tertiary/aromatic N) is 3. The average Bonchev–Trinajstić information content (AvgIpc) is 2.73. The maximum Gasteiger partial charge on any atom is 0.276 e. The van der Waals surface area contributed by atoms with E-state index in [1.54, 1.807) is 24.3 Å². The molecule has 0 aliphatic carbocycles. The second-order valence-corrected chi connectivity index (χ2v) is 5.26. The third-order valence-corrected chi connectivity index (χ3v) is 3.93. The molecule has 1 N–H and O–H groups in total. The molecule has 2 aromatic heterocycles. The molecule has 0 unspecified atom stereocenters. The Morgan fingerprint density at radius 2 is 2.05 bits per heavy atom. The first-order valence-electron chi connectivity index (χ1n) is 5.57. The first kappa shape index (κ1) is 12.9. The van der Waals surface area contributed by atoms with E-state index in [4.69, 9.17) is 11.6 Å². The van der Waals surface area contributed by atoms with Gasteiger partial charge in [0.15, 0.2) is 5.69 Å². The van der Waals surface area contributed by atoms with Gasteiger partial charge in [0, 0.05) is 10.6 Å². The number of aromatic nitrogens is 3. The van der Waals surface area contributed by atoms with Gasteiger partial charge >= 0.3 is 0 Å². The van der Waals surface area contributed by atoms with Crippen molar-refractivity contribution in [2.75, 3.05) is 0 Å². The lowest BCUT2D eigenvalue weighted by atomic mass is 10.1. The molecule has 3 aromatic rings. The molecule has 0 amide bonds. The first-order chi connectivity index (χ1) is 9.63. The molecule has 0 aliphatic heterocycles. The molecule has 0 aliphatic rings. The molecular formula is C13H6BrClN4O. The Bertz CT molecular complexity index is 905. The van der Waals surface area contributed by atoms with Crippen LogP contribution in [0, 0.1) is 11.3 Å². The number of nitriles is 1. The predicted molar refractivity (Wildman–Crippen MR) is 78.7 cm³/mol. The maximum atomic E-state index is 11.9. The van der Waals surface area contributed by atoms with Gasteiger partial charge in [-0.25, -0.2) is 4.52 Å². The molecule has 0 atom stereocenters. The SMILES string of the molecule is N#Cc1c(-c2ccc(Cl)cc2)c(Br)c2c(=O)[nH]cnn12. The molecule has 3 rings (SSSR count). The van der Waals surface area contributed by atoms with E-state index in [0.717, 1.165) is 5.56 Å². The largest absolute Gasteiger partial charge is 0.310 e. The van der Waals surface area contributed by atoms with Gasteiger partial charge in [-0.15, -0.1) is 0 Å². The summed E-state index contributed by atoms with van der Waals surface area (Å²) >= 11 is 9.25. The standard InChI is InChI=1S/C13H6BrClN4O/c14-11-10(7-1-3-8(15)4-2-7)9(5-16)19-12(11)13(20)17-6-18-19/h1-4,6H,(H,17,18,20). The van der Waals surface area contributed by atoms with Crippen LogP contribution in [-0.2, 0) is 0 Å².